The van der Waals surface area contributed by atoms with Gasteiger partial charge >= 0.3 is 0 Å². The first-order chi connectivity index (χ1) is 5.66. The zero-order valence-corrected chi connectivity index (χ0v) is 9.51. The number of nitrogens with zero attached hydrogens (tertiary/aromatic N) is 2. The highest BCUT2D eigenvalue weighted by atomic mass is 79.9. The Morgan fingerprint density at radius 1 is 1.67 bits per heavy atom. The maximum atomic E-state index is 11.4. The van der Waals surface area contributed by atoms with Crippen LogP contribution in [-0.2, 0) is 4.79 Å². The first kappa shape index (κ1) is 10.0. The number of likely N-dealkylation sites (tertiary alicyclic amines) is 1. The molecule has 1 atom stereocenters. The monoisotopic (exact) mass is 294 g/mol. The summed E-state index contributed by atoms with van der Waals surface area (Å²) in [7, 11) is 0. The Hall–Kier alpha value is -0.0800. The Bertz CT molecular complexity index is 224. The van der Waals surface area contributed by atoms with Gasteiger partial charge in [-0.1, -0.05) is 31.9 Å². The first-order valence-corrected chi connectivity index (χ1v) is 5.48. The highest BCUT2D eigenvalue weighted by Gasteiger charge is 2.30. The van der Waals surface area contributed by atoms with Gasteiger partial charge in [-0.2, -0.15) is 5.26 Å². The minimum Gasteiger partial charge on any atom is -0.325 e. The van der Waals surface area contributed by atoms with E-state index in [2.05, 4.69) is 37.9 Å². The van der Waals surface area contributed by atoms with Crippen molar-refractivity contribution < 1.29 is 4.79 Å². The topological polar surface area (TPSA) is 44.1 Å². The van der Waals surface area contributed by atoms with Crippen molar-refractivity contribution in [3.05, 3.63) is 0 Å². The van der Waals surface area contributed by atoms with E-state index in [1.165, 1.54) is 0 Å². The average Bonchev–Trinajstić information content (AvgIpc) is 2.49. The van der Waals surface area contributed by atoms with Gasteiger partial charge in [-0.3, -0.25) is 4.79 Å². The van der Waals surface area contributed by atoms with E-state index < -0.39 is 0 Å². The smallest absolute Gasteiger partial charge is 0.248 e. The van der Waals surface area contributed by atoms with Gasteiger partial charge in [0.25, 0.3) is 0 Å². The molecule has 1 heterocycles. The number of hydrogen-bond acceptors (Lipinski definition) is 2. The SMILES string of the molecule is N#CC1CCCN1C(=O)C(Br)Br. The second-order valence-corrected chi connectivity index (χ2v) is 5.68. The molecule has 1 aliphatic rings. The fourth-order valence-corrected chi connectivity index (χ4v) is 1.82. The second-order valence-electron chi connectivity index (χ2n) is 2.62. The van der Waals surface area contributed by atoms with Gasteiger partial charge in [0.15, 0.2) is 0 Å². The molecule has 0 N–H and O–H groups in total. The molecule has 1 rings (SSSR count). The maximum absolute atomic E-state index is 11.4. The van der Waals surface area contributed by atoms with Crippen LogP contribution < -0.4 is 0 Å². The number of rotatable bonds is 1. The molecule has 1 amide bonds. The molecule has 0 aromatic heterocycles. The summed E-state index contributed by atoms with van der Waals surface area (Å²) in [6.07, 6.45) is 1.73. The van der Waals surface area contributed by atoms with E-state index in [-0.39, 0.29) is 15.7 Å². The summed E-state index contributed by atoms with van der Waals surface area (Å²) in [6.45, 7) is 0.699. The van der Waals surface area contributed by atoms with Crippen molar-refractivity contribution in [3.63, 3.8) is 0 Å². The Balaban J connectivity index is 2.63. The van der Waals surface area contributed by atoms with Gasteiger partial charge in [-0.15, -0.1) is 0 Å². The summed E-state index contributed by atoms with van der Waals surface area (Å²) >= 11 is 6.25. The predicted octanol–water partition coefficient (Wildman–Crippen LogP) is 1.62. The van der Waals surface area contributed by atoms with Crippen molar-refractivity contribution in [1.82, 2.24) is 4.90 Å². The quantitative estimate of drug-likeness (QED) is 0.690. The molecule has 0 spiro atoms. The van der Waals surface area contributed by atoms with Crippen LogP contribution >= 0.6 is 31.9 Å². The third-order valence-electron chi connectivity index (χ3n) is 1.87. The van der Waals surface area contributed by atoms with E-state index in [1.54, 1.807) is 4.90 Å². The number of nitriles is 1. The van der Waals surface area contributed by atoms with E-state index in [0.717, 1.165) is 12.8 Å². The summed E-state index contributed by atoms with van der Waals surface area (Å²) in [5.41, 5.74) is 0. The van der Waals surface area contributed by atoms with Crippen molar-refractivity contribution >= 4 is 37.8 Å². The van der Waals surface area contributed by atoms with E-state index in [9.17, 15) is 4.79 Å². The molecule has 0 saturated carbocycles. The molecule has 0 aliphatic carbocycles. The fourth-order valence-electron chi connectivity index (χ4n) is 1.29. The number of carbonyl (C=O) groups is 1. The van der Waals surface area contributed by atoms with Crippen LogP contribution in [0.1, 0.15) is 12.8 Å². The third kappa shape index (κ3) is 1.99. The van der Waals surface area contributed by atoms with Gasteiger partial charge in [0.05, 0.1) is 6.07 Å². The van der Waals surface area contributed by atoms with Crippen LogP contribution in [0.15, 0.2) is 0 Å². The van der Waals surface area contributed by atoms with E-state index >= 15 is 0 Å². The van der Waals surface area contributed by atoms with Crippen LogP contribution in [0.5, 0.6) is 0 Å². The summed E-state index contributed by atoms with van der Waals surface area (Å²) in [5, 5.41) is 8.69. The van der Waals surface area contributed by atoms with Crippen molar-refractivity contribution in [2.45, 2.75) is 22.6 Å². The Morgan fingerprint density at radius 2 is 2.33 bits per heavy atom. The standard InChI is InChI=1S/C7H8Br2N2O/c8-6(9)7(12)11-3-1-2-5(11)4-10/h5-6H,1-3H2. The van der Waals surface area contributed by atoms with Crippen LogP contribution in [0.2, 0.25) is 0 Å². The summed E-state index contributed by atoms with van der Waals surface area (Å²) in [4.78, 5) is 13.0. The van der Waals surface area contributed by atoms with Gasteiger partial charge in [-0.05, 0) is 12.8 Å². The van der Waals surface area contributed by atoms with Crippen LogP contribution in [-0.4, -0.2) is 27.1 Å². The molecule has 1 unspecified atom stereocenters. The number of amides is 1. The lowest BCUT2D eigenvalue weighted by molar-refractivity contribution is -0.128. The molecule has 0 aromatic carbocycles. The molecular formula is C7H8Br2N2O. The lowest BCUT2D eigenvalue weighted by Gasteiger charge is -2.19. The van der Waals surface area contributed by atoms with Crippen LogP contribution in [0.3, 0.4) is 0 Å². The Labute approximate surface area is 88.0 Å². The molecule has 5 heteroatoms. The highest BCUT2D eigenvalue weighted by molar-refractivity contribution is 9.25. The summed E-state index contributed by atoms with van der Waals surface area (Å²) < 4.78 is -0.362. The molecule has 0 radical (unpaired) electrons. The van der Waals surface area contributed by atoms with Gasteiger partial charge in [0.1, 0.15) is 9.78 Å². The minimum absolute atomic E-state index is 0.0564. The average molecular weight is 296 g/mol. The third-order valence-corrected chi connectivity index (χ3v) is 2.65. The molecule has 12 heavy (non-hydrogen) atoms. The molecule has 0 bridgehead atoms. The molecule has 66 valence electrons. The Morgan fingerprint density at radius 3 is 2.83 bits per heavy atom. The van der Waals surface area contributed by atoms with Gasteiger partial charge in [-0.25, -0.2) is 0 Å². The molecule has 1 fully saturated rings. The summed E-state index contributed by atoms with van der Waals surface area (Å²) in [5.74, 6) is -0.0564. The van der Waals surface area contributed by atoms with Crippen molar-refractivity contribution in [2.75, 3.05) is 6.54 Å². The van der Waals surface area contributed by atoms with E-state index in [4.69, 9.17) is 5.26 Å². The van der Waals surface area contributed by atoms with Crippen molar-refractivity contribution in [2.24, 2.45) is 0 Å². The van der Waals surface area contributed by atoms with Gasteiger partial charge < -0.3 is 4.90 Å². The lowest BCUT2D eigenvalue weighted by Crippen LogP contribution is -2.37. The molecule has 1 saturated heterocycles. The molecule has 0 aromatic rings. The largest absolute Gasteiger partial charge is 0.325 e. The normalized spacial score (nSPS) is 22.8. The van der Waals surface area contributed by atoms with Crippen LogP contribution in [0.4, 0.5) is 0 Å². The van der Waals surface area contributed by atoms with Gasteiger partial charge in [0, 0.05) is 6.54 Å². The zero-order chi connectivity index (χ0) is 9.14. The van der Waals surface area contributed by atoms with Crippen molar-refractivity contribution in [3.8, 4) is 6.07 Å². The van der Waals surface area contributed by atoms with Crippen LogP contribution in [0.25, 0.3) is 0 Å². The number of carbonyl (C=O) groups excluding carboxylic acids is 1. The summed E-state index contributed by atoms with van der Waals surface area (Å²) in [6, 6.07) is 1.89. The van der Waals surface area contributed by atoms with Gasteiger partial charge in [0.2, 0.25) is 5.91 Å². The number of alkyl halides is 2. The lowest BCUT2D eigenvalue weighted by atomic mass is 10.2. The van der Waals surface area contributed by atoms with Crippen LogP contribution in [0, 0.1) is 11.3 Å². The zero-order valence-electron chi connectivity index (χ0n) is 6.33. The molecule has 1 aliphatic heterocycles. The maximum Gasteiger partial charge on any atom is 0.248 e. The second kappa shape index (κ2) is 4.24. The minimum atomic E-state index is -0.362. The fraction of sp³-hybridized carbons (Fsp3) is 0.714. The predicted molar refractivity (Wildman–Crippen MR) is 52.0 cm³/mol. The van der Waals surface area contributed by atoms with Crippen molar-refractivity contribution in [1.29, 1.82) is 5.26 Å². The molecular weight excluding hydrogens is 288 g/mol. The Kier molecular flexibility index (Phi) is 3.53. The van der Waals surface area contributed by atoms with E-state index in [1.807, 2.05) is 0 Å². The number of hydrogen-bond donors (Lipinski definition) is 0. The first-order valence-electron chi connectivity index (χ1n) is 3.65. The highest BCUT2D eigenvalue weighted by Crippen LogP contribution is 2.21. The number of halogens is 2. The molecule has 3 nitrogen and oxygen atoms in total. The van der Waals surface area contributed by atoms with E-state index in [0.29, 0.717) is 6.54 Å².